The van der Waals surface area contributed by atoms with Crippen molar-refractivity contribution >= 4 is 27.6 Å². The van der Waals surface area contributed by atoms with Gasteiger partial charge in [0.1, 0.15) is 24.1 Å². The molecule has 3 aliphatic heterocycles. The van der Waals surface area contributed by atoms with Crippen molar-refractivity contribution in [1.29, 1.82) is 0 Å². The van der Waals surface area contributed by atoms with Crippen LogP contribution in [0.2, 0.25) is 0 Å². The molecule has 38 heavy (non-hydrogen) atoms. The van der Waals surface area contributed by atoms with Gasteiger partial charge in [-0.15, -0.1) is 0 Å². The fourth-order valence-corrected chi connectivity index (χ4v) is 6.47. The van der Waals surface area contributed by atoms with Gasteiger partial charge in [0.2, 0.25) is 0 Å². The Hall–Kier alpha value is -3.66. The van der Waals surface area contributed by atoms with Gasteiger partial charge in [-0.05, 0) is 75.9 Å². The molecule has 8 nitrogen and oxygen atoms in total. The molecule has 196 valence electrons. The normalized spacial score (nSPS) is 19.3. The van der Waals surface area contributed by atoms with Gasteiger partial charge < -0.3 is 9.64 Å². The molecule has 3 aliphatic rings. The van der Waals surface area contributed by atoms with E-state index < -0.39 is 0 Å². The third-order valence-electron chi connectivity index (χ3n) is 8.43. The van der Waals surface area contributed by atoms with Gasteiger partial charge in [0.05, 0.1) is 40.4 Å². The first-order valence-electron chi connectivity index (χ1n) is 13.3. The Balaban J connectivity index is 1.33. The smallest absolute Gasteiger partial charge is 0.319 e. The maximum Gasteiger partial charge on any atom is 0.319 e. The van der Waals surface area contributed by atoms with Gasteiger partial charge in [-0.1, -0.05) is 0 Å². The van der Waals surface area contributed by atoms with Crippen molar-refractivity contribution < 1.29 is 13.5 Å². The molecular formula is C28H29F2N7O. The lowest BCUT2D eigenvalue weighted by Crippen LogP contribution is -2.43. The van der Waals surface area contributed by atoms with Crippen LogP contribution in [0.25, 0.3) is 33.1 Å². The first-order chi connectivity index (χ1) is 18.5. The summed E-state index contributed by atoms with van der Waals surface area (Å²) >= 11 is 0. The van der Waals surface area contributed by atoms with Crippen molar-refractivity contribution in [3.05, 3.63) is 47.8 Å². The van der Waals surface area contributed by atoms with Gasteiger partial charge >= 0.3 is 6.01 Å². The monoisotopic (exact) mass is 517 g/mol. The lowest BCUT2D eigenvalue weighted by atomic mass is 9.95. The first kappa shape index (κ1) is 23.5. The van der Waals surface area contributed by atoms with Crippen molar-refractivity contribution in [2.45, 2.75) is 44.6 Å². The van der Waals surface area contributed by atoms with Gasteiger partial charge in [-0.3, -0.25) is 15.0 Å². The predicted octanol–water partition coefficient (Wildman–Crippen LogP) is 5.09. The molecule has 10 heteroatoms. The molecule has 0 saturated carbocycles. The number of nitrogens with one attached hydrogen (secondary N) is 1. The van der Waals surface area contributed by atoms with Gasteiger partial charge in [0, 0.05) is 23.7 Å². The van der Waals surface area contributed by atoms with Crippen molar-refractivity contribution in [3.63, 3.8) is 0 Å². The van der Waals surface area contributed by atoms with Gasteiger partial charge in [0.25, 0.3) is 0 Å². The maximum atomic E-state index is 14.8. The second-order valence-corrected chi connectivity index (χ2v) is 10.7. The van der Waals surface area contributed by atoms with Crippen LogP contribution in [-0.4, -0.2) is 68.4 Å². The van der Waals surface area contributed by atoms with Gasteiger partial charge in [-0.25, -0.2) is 8.78 Å². The molecule has 0 radical (unpaired) electrons. The number of ether oxygens (including phenoxy) is 1. The largest absolute Gasteiger partial charge is 0.461 e. The van der Waals surface area contributed by atoms with E-state index >= 15 is 0 Å². The SMILES string of the molecule is Cc1c(F)cc2[nH]ncc2c1-c1cc2nc(OCC34CCCN3CCC4)nc(N3CCC=C(F)C3)c2cn1. The van der Waals surface area contributed by atoms with Crippen LogP contribution in [0.3, 0.4) is 0 Å². The van der Waals surface area contributed by atoms with Crippen molar-refractivity contribution in [2.24, 2.45) is 0 Å². The highest BCUT2D eigenvalue weighted by atomic mass is 19.1. The quantitative estimate of drug-likeness (QED) is 0.395. The number of H-pyrrole nitrogens is 1. The maximum absolute atomic E-state index is 14.8. The number of hydrogen-bond acceptors (Lipinski definition) is 7. The molecule has 2 fully saturated rings. The minimum Gasteiger partial charge on any atom is -0.461 e. The molecule has 2 saturated heterocycles. The van der Waals surface area contributed by atoms with Crippen molar-refractivity contribution in [1.82, 2.24) is 30.0 Å². The Morgan fingerprint density at radius 2 is 1.89 bits per heavy atom. The minimum absolute atomic E-state index is 0.0490. The Morgan fingerprint density at radius 3 is 2.71 bits per heavy atom. The van der Waals surface area contributed by atoms with Gasteiger partial charge in [-0.2, -0.15) is 15.1 Å². The summed E-state index contributed by atoms with van der Waals surface area (Å²) < 4.78 is 35.4. The molecule has 1 N–H and O–H groups in total. The molecule has 6 heterocycles. The van der Waals surface area contributed by atoms with Crippen LogP contribution in [0.15, 0.2) is 36.4 Å². The average molecular weight is 518 g/mol. The number of halogens is 2. The lowest BCUT2D eigenvalue weighted by molar-refractivity contribution is 0.108. The third kappa shape index (κ3) is 3.81. The van der Waals surface area contributed by atoms with Crippen LogP contribution in [0, 0.1) is 12.7 Å². The Labute approximate surface area is 218 Å². The Kier molecular flexibility index (Phi) is 5.54. The topological polar surface area (TPSA) is 83.1 Å². The van der Waals surface area contributed by atoms with Gasteiger partial charge in [0.15, 0.2) is 0 Å². The van der Waals surface area contributed by atoms with E-state index in [1.165, 1.54) is 18.9 Å². The number of nitrogens with zero attached hydrogens (tertiary/aromatic N) is 6. The second kappa shape index (κ2) is 8.97. The van der Waals surface area contributed by atoms with Crippen LogP contribution in [0.5, 0.6) is 6.01 Å². The van der Waals surface area contributed by atoms with Crippen LogP contribution in [0.1, 0.15) is 37.7 Å². The molecule has 1 aromatic carbocycles. The van der Waals surface area contributed by atoms with Crippen LogP contribution in [0.4, 0.5) is 14.6 Å². The lowest BCUT2D eigenvalue weighted by Gasteiger charge is -2.31. The van der Waals surface area contributed by atoms with Crippen LogP contribution >= 0.6 is 0 Å². The number of anilines is 1. The van der Waals surface area contributed by atoms with E-state index in [0.717, 1.165) is 31.3 Å². The summed E-state index contributed by atoms with van der Waals surface area (Å²) in [4.78, 5) is 18.7. The van der Waals surface area contributed by atoms with E-state index in [0.29, 0.717) is 58.6 Å². The predicted molar refractivity (Wildman–Crippen MR) is 141 cm³/mol. The Bertz CT molecular complexity index is 1570. The summed E-state index contributed by atoms with van der Waals surface area (Å²) in [7, 11) is 0. The van der Waals surface area contributed by atoms with E-state index in [9.17, 15) is 8.78 Å². The highest BCUT2D eigenvalue weighted by Gasteiger charge is 2.45. The zero-order chi connectivity index (χ0) is 25.9. The summed E-state index contributed by atoms with van der Waals surface area (Å²) in [5, 5.41) is 8.43. The summed E-state index contributed by atoms with van der Waals surface area (Å²) in [6.45, 7) is 5.26. The van der Waals surface area contributed by atoms with Crippen LogP contribution < -0.4 is 9.64 Å². The zero-order valence-corrected chi connectivity index (χ0v) is 21.3. The molecule has 0 aliphatic carbocycles. The number of hydrogen-bond donors (Lipinski definition) is 1. The molecule has 7 rings (SSSR count). The molecule has 0 atom stereocenters. The summed E-state index contributed by atoms with van der Waals surface area (Å²) in [5.74, 6) is 0.0849. The molecule has 3 aromatic heterocycles. The van der Waals surface area contributed by atoms with E-state index in [4.69, 9.17) is 19.7 Å². The Morgan fingerprint density at radius 1 is 1.05 bits per heavy atom. The number of pyridine rings is 1. The van der Waals surface area contributed by atoms with E-state index in [1.54, 1.807) is 25.4 Å². The number of fused-ring (bicyclic) bond motifs is 3. The van der Waals surface area contributed by atoms with E-state index in [-0.39, 0.29) is 29.7 Å². The van der Waals surface area contributed by atoms with Crippen LogP contribution in [-0.2, 0) is 0 Å². The number of rotatable bonds is 5. The highest BCUT2D eigenvalue weighted by molar-refractivity contribution is 5.98. The summed E-state index contributed by atoms with van der Waals surface area (Å²) in [6, 6.07) is 3.56. The van der Waals surface area contributed by atoms with E-state index in [2.05, 4.69) is 15.1 Å². The van der Waals surface area contributed by atoms with Crippen molar-refractivity contribution in [2.75, 3.05) is 37.7 Å². The third-order valence-corrected chi connectivity index (χ3v) is 8.43. The zero-order valence-electron chi connectivity index (χ0n) is 21.3. The number of aromatic amines is 1. The molecule has 0 unspecified atom stereocenters. The summed E-state index contributed by atoms with van der Waals surface area (Å²) in [5.41, 5.74) is 3.01. The molecule has 0 bridgehead atoms. The second-order valence-electron chi connectivity index (χ2n) is 10.7. The van der Waals surface area contributed by atoms with Crippen molar-refractivity contribution in [3.8, 4) is 17.3 Å². The minimum atomic E-state index is -0.335. The molecule has 4 aromatic rings. The fraction of sp³-hybridized carbons (Fsp3) is 0.429. The highest BCUT2D eigenvalue weighted by Crippen LogP contribution is 2.40. The average Bonchev–Trinajstić information content (AvgIpc) is 3.63. The first-order valence-corrected chi connectivity index (χ1v) is 13.3. The fourth-order valence-electron chi connectivity index (χ4n) is 6.47. The molecule has 0 spiro atoms. The standard InChI is InChI=1S/C28H29F2N7O/c1-17-21(30)11-23-19(14-32-35-23)25(17)24-12-22-20(13-31-24)26(36-8-2-5-18(29)15-36)34-27(33-22)38-16-28-6-3-9-37(28)10-4-7-28/h5,11-14H,2-4,6-10,15-16H2,1H3,(H,32,35). The number of aromatic nitrogens is 5. The molecular weight excluding hydrogens is 488 g/mol. The summed E-state index contributed by atoms with van der Waals surface area (Å²) in [6.07, 6.45) is 10.2. The molecule has 0 amide bonds. The van der Waals surface area contributed by atoms with E-state index in [1.807, 2.05) is 11.0 Å². The number of benzene rings is 1.